The van der Waals surface area contributed by atoms with Crippen LogP contribution in [0, 0.1) is 5.92 Å². The largest absolute Gasteiger partial charge is 0.343 e. The van der Waals surface area contributed by atoms with E-state index in [1.807, 2.05) is 7.05 Å². The van der Waals surface area contributed by atoms with E-state index in [0.717, 1.165) is 6.42 Å². The van der Waals surface area contributed by atoms with Crippen molar-refractivity contribution >= 4 is 5.91 Å². The number of carbonyl (C=O) groups excluding carboxylic acids is 1. The van der Waals surface area contributed by atoms with Crippen LogP contribution in [0.15, 0.2) is 0 Å². The predicted octanol–water partition coefficient (Wildman–Crippen LogP) is -2.05. The van der Waals surface area contributed by atoms with Gasteiger partial charge in [-0.25, -0.2) is 0 Å². The molecular weight excluding hydrogens is 156 g/mol. The van der Waals surface area contributed by atoms with Gasteiger partial charge >= 0.3 is 0 Å². The van der Waals surface area contributed by atoms with Crippen molar-refractivity contribution < 1.29 is 4.79 Å². The lowest BCUT2D eigenvalue weighted by Crippen LogP contribution is -2.62. The van der Waals surface area contributed by atoms with Crippen LogP contribution in [0.3, 0.4) is 0 Å². The second-order valence-electron chi connectivity index (χ2n) is 3.07. The van der Waals surface area contributed by atoms with Crippen molar-refractivity contribution in [2.24, 2.45) is 17.4 Å². The van der Waals surface area contributed by atoms with Crippen molar-refractivity contribution in [2.45, 2.75) is 18.5 Å². The third-order valence-electron chi connectivity index (χ3n) is 2.37. The van der Waals surface area contributed by atoms with E-state index in [-0.39, 0.29) is 30.6 Å². The highest BCUT2D eigenvalue weighted by Gasteiger charge is 2.42. The summed E-state index contributed by atoms with van der Waals surface area (Å²) in [6, 6.07) is 0.195. The maximum Gasteiger partial charge on any atom is 0.227 e. The van der Waals surface area contributed by atoms with E-state index >= 15 is 0 Å². The molecule has 1 rings (SSSR count). The molecule has 0 aromatic heterocycles. The number of hydrogen-bond acceptors (Lipinski definition) is 4. The van der Waals surface area contributed by atoms with Gasteiger partial charge in [-0.1, -0.05) is 0 Å². The standard InChI is InChI=1S/C7H16N4O/c1-10-5-2-4(9)6(5)7(12)11-3-8/h4-6,10H,2-3,8-9H2,1H3,(H,11,12). The Labute approximate surface area is 71.9 Å². The lowest BCUT2D eigenvalue weighted by atomic mass is 9.74. The van der Waals surface area contributed by atoms with Crippen molar-refractivity contribution in [1.82, 2.24) is 10.6 Å². The SMILES string of the molecule is CNC1CC(N)C1C(=O)NCN. The molecule has 5 heteroatoms. The minimum atomic E-state index is -0.112. The summed E-state index contributed by atoms with van der Waals surface area (Å²) in [7, 11) is 1.83. The summed E-state index contributed by atoms with van der Waals surface area (Å²) in [5.74, 6) is -0.158. The van der Waals surface area contributed by atoms with E-state index in [4.69, 9.17) is 11.5 Å². The first-order valence-corrected chi connectivity index (χ1v) is 4.11. The van der Waals surface area contributed by atoms with Crippen LogP contribution in [-0.4, -0.2) is 31.7 Å². The molecule has 0 radical (unpaired) electrons. The Morgan fingerprint density at radius 1 is 1.67 bits per heavy atom. The second kappa shape index (κ2) is 3.84. The van der Waals surface area contributed by atoms with E-state index in [9.17, 15) is 4.79 Å². The van der Waals surface area contributed by atoms with Gasteiger partial charge in [-0.15, -0.1) is 0 Å². The molecule has 0 aliphatic heterocycles. The highest BCUT2D eigenvalue weighted by Crippen LogP contribution is 2.25. The van der Waals surface area contributed by atoms with Gasteiger partial charge in [0, 0.05) is 12.1 Å². The molecule has 0 aromatic rings. The van der Waals surface area contributed by atoms with Gasteiger partial charge in [0.25, 0.3) is 0 Å². The van der Waals surface area contributed by atoms with Crippen LogP contribution in [-0.2, 0) is 4.79 Å². The first-order valence-electron chi connectivity index (χ1n) is 4.11. The van der Waals surface area contributed by atoms with E-state index in [2.05, 4.69) is 10.6 Å². The monoisotopic (exact) mass is 172 g/mol. The van der Waals surface area contributed by atoms with Gasteiger partial charge in [0.15, 0.2) is 0 Å². The molecule has 0 spiro atoms. The van der Waals surface area contributed by atoms with E-state index in [1.165, 1.54) is 0 Å². The zero-order chi connectivity index (χ0) is 9.14. The van der Waals surface area contributed by atoms with Crippen LogP contribution < -0.4 is 22.1 Å². The minimum Gasteiger partial charge on any atom is -0.343 e. The zero-order valence-corrected chi connectivity index (χ0v) is 7.21. The van der Waals surface area contributed by atoms with Gasteiger partial charge in [0.05, 0.1) is 12.6 Å². The summed E-state index contributed by atoms with van der Waals surface area (Å²) in [6.45, 7) is 0.179. The van der Waals surface area contributed by atoms with E-state index < -0.39 is 0 Å². The first-order chi connectivity index (χ1) is 5.70. The fourth-order valence-electron chi connectivity index (χ4n) is 1.58. The topological polar surface area (TPSA) is 93.2 Å². The van der Waals surface area contributed by atoms with Crippen LogP contribution >= 0.6 is 0 Å². The molecule has 0 heterocycles. The normalized spacial score (nSPS) is 34.1. The maximum atomic E-state index is 11.3. The Hall–Kier alpha value is -0.650. The summed E-state index contributed by atoms with van der Waals surface area (Å²) in [5, 5.41) is 5.60. The molecule has 0 aromatic carbocycles. The summed E-state index contributed by atoms with van der Waals surface area (Å²) in [6.07, 6.45) is 0.860. The van der Waals surface area contributed by atoms with Gasteiger partial charge in [0.1, 0.15) is 0 Å². The minimum absolute atomic E-state index is 0.0194. The van der Waals surface area contributed by atoms with Crippen LogP contribution in [0.4, 0.5) is 0 Å². The van der Waals surface area contributed by atoms with E-state index in [1.54, 1.807) is 0 Å². The fourth-order valence-corrected chi connectivity index (χ4v) is 1.58. The van der Waals surface area contributed by atoms with Crippen LogP contribution in [0.25, 0.3) is 0 Å². The number of carbonyl (C=O) groups is 1. The van der Waals surface area contributed by atoms with Gasteiger partial charge in [0.2, 0.25) is 5.91 Å². The number of rotatable bonds is 3. The molecule has 5 nitrogen and oxygen atoms in total. The molecule has 1 fully saturated rings. The van der Waals surface area contributed by atoms with Gasteiger partial charge in [-0.05, 0) is 13.5 Å². The number of hydrogen-bond donors (Lipinski definition) is 4. The highest BCUT2D eigenvalue weighted by atomic mass is 16.2. The Morgan fingerprint density at radius 3 is 2.75 bits per heavy atom. The molecule has 3 atom stereocenters. The smallest absolute Gasteiger partial charge is 0.227 e. The predicted molar refractivity (Wildman–Crippen MR) is 46.1 cm³/mol. The van der Waals surface area contributed by atoms with Gasteiger partial charge < -0.3 is 22.1 Å². The van der Waals surface area contributed by atoms with Crippen molar-refractivity contribution in [3.8, 4) is 0 Å². The van der Waals surface area contributed by atoms with Crippen molar-refractivity contribution in [2.75, 3.05) is 13.7 Å². The molecule has 6 N–H and O–H groups in total. The summed E-state index contributed by atoms with van der Waals surface area (Å²) in [5.41, 5.74) is 10.9. The van der Waals surface area contributed by atoms with E-state index in [0.29, 0.717) is 0 Å². The van der Waals surface area contributed by atoms with Gasteiger partial charge in [-0.3, -0.25) is 4.79 Å². The van der Waals surface area contributed by atoms with Crippen molar-refractivity contribution in [3.63, 3.8) is 0 Å². The third-order valence-corrected chi connectivity index (χ3v) is 2.37. The average molecular weight is 172 g/mol. The molecule has 0 bridgehead atoms. The highest BCUT2D eigenvalue weighted by molar-refractivity contribution is 5.81. The Bertz CT molecular complexity index is 173. The van der Waals surface area contributed by atoms with Crippen LogP contribution in [0.5, 0.6) is 0 Å². The summed E-state index contributed by atoms with van der Waals surface area (Å²) >= 11 is 0. The Morgan fingerprint density at radius 2 is 2.33 bits per heavy atom. The molecule has 0 saturated heterocycles. The molecule has 12 heavy (non-hydrogen) atoms. The molecule has 1 amide bonds. The zero-order valence-electron chi connectivity index (χ0n) is 7.21. The van der Waals surface area contributed by atoms with Crippen molar-refractivity contribution in [1.29, 1.82) is 0 Å². The van der Waals surface area contributed by atoms with Crippen LogP contribution in [0.2, 0.25) is 0 Å². The molecule has 1 aliphatic carbocycles. The summed E-state index contributed by atoms with van der Waals surface area (Å²) < 4.78 is 0. The number of nitrogens with one attached hydrogen (secondary N) is 2. The average Bonchev–Trinajstić information content (AvgIpc) is 2.00. The molecule has 1 saturated carbocycles. The molecule has 1 aliphatic rings. The lowest BCUT2D eigenvalue weighted by Gasteiger charge is -2.41. The number of amides is 1. The Kier molecular flexibility index (Phi) is 3.02. The molecular formula is C7H16N4O. The fraction of sp³-hybridized carbons (Fsp3) is 0.857. The van der Waals surface area contributed by atoms with Crippen LogP contribution in [0.1, 0.15) is 6.42 Å². The quantitative estimate of drug-likeness (QED) is 0.369. The third kappa shape index (κ3) is 1.57. The summed E-state index contributed by atoms with van der Waals surface area (Å²) in [4.78, 5) is 11.3. The first kappa shape index (κ1) is 9.44. The second-order valence-corrected chi connectivity index (χ2v) is 3.07. The molecule has 70 valence electrons. The lowest BCUT2D eigenvalue weighted by molar-refractivity contribution is -0.129. The van der Waals surface area contributed by atoms with Gasteiger partial charge in [-0.2, -0.15) is 0 Å². The van der Waals surface area contributed by atoms with Crippen molar-refractivity contribution in [3.05, 3.63) is 0 Å². The number of nitrogens with two attached hydrogens (primary N) is 2. The molecule has 3 unspecified atom stereocenters. The Balaban J connectivity index is 2.43. The maximum absolute atomic E-state index is 11.3.